The molecule has 0 radical (unpaired) electrons. The molecule has 2 rings (SSSR count). The van der Waals surface area contributed by atoms with Crippen molar-refractivity contribution in [2.75, 3.05) is 32.8 Å². The van der Waals surface area contributed by atoms with E-state index in [1.807, 2.05) is 19.1 Å². The lowest BCUT2D eigenvalue weighted by Gasteiger charge is -2.32. The first-order valence-corrected chi connectivity index (χ1v) is 7.83. The summed E-state index contributed by atoms with van der Waals surface area (Å²) in [6.45, 7) is 7.02. The zero-order valence-electron chi connectivity index (χ0n) is 12.5. The van der Waals surface area contributed by atoms with Crippen LogP contribution in [0, 0.1) is 11.7 Å². The maximum Gasteiger partial charge on any atom is 0.126 e. The zero-order valence-corrected chi connectivity index (χ0v) is 12.5. The summed E-state index contributed by atoms with van der Waals surface area (Å²) in [5.41, 5.74) is 0.860. The monoisotopic (exact) mass is 279 g/mol. The third-order valence-electron chi connectivity index (χ3n) is 4.14. The van der Waals surface area contributed by atoms with Crippen LogP contribution in [0.3, 0.4) is 0 Å². The number of ether oxygens (including phenoxy) is 1. The summed E-state index contributed by atoms with van der Waals surface area (Å²) in [4.78, 5) is 2.49. The summed E-state index contributed by atoms with van der Waals surface area (Å²) in [5.74, 6) is 0.640. The lowest BCUT2D eigenvalue weighted by atomic mass is 9.91. The summed E-state index contributed by atoms with van der Waals surface area (Å²) >= 11 is 0. The molecule has 112 valence electrons. The van der Waals surface area contributed by atoms with Gasteiger partial charge in [-0.25, -0.2) is 4.39 Å². The number of aryl methyl sites for hydroxylation is 1. The third kappa shape index (κ3) is 4.88. The van der Waals surface area contributed by atoms with E-state index in [2.05, 4.69) is 4.90 Å². The van der Waals surface area contributed by atoms with Crippen LogP contribution in [-0.4, -0.2) is 37.7 Å². The van der Waals surface area contributed by atoms with Gasteiger partial charge in [0.15, 0.2) is 0 Å². The molecule has 20 heavy (non-hydrogen) atoms. The van der Waals surface area contributed by atoms with Crippen molar-refractivity contribution >= 4 is 0 Å². The highest BCUT2D eigenvalue weighted by Crippen LogP contribution is 2.22. The van der Waals surface area contributed by atoms with E-state index in [0.29, 0.717) is 5.92 Å². The van der Waals surface area contributed by atoms with Gasteiger partial charge in [0.05, 0.1) is 6.61 Å². The lowest BCUT2D eigenvalue weighted by Crippen LogP contribution is -2.37. The second kappa shape index (κ2) is 8.38. The minimum absolute atomic E-state index is 0.0588. The number of hydrogen-bond donors (Lipinski definition) is 0. The molecule has 1 aromatic rings. The molecule has 1 aromatic carbocycles. The molecule has 1 unspecified atom stereocenters. The van der Waals surface area contributed by atoms with E-state index in [0.717, 1.165) is 44.7 Å². The fraction of sp³-hybridized carbons (Fsp3) is 0.647. The van der Waals surface area contributed by atoms with Crippen LogP contribution < -0.4 is 0 Å². The van der Waals surface area contributed by atoms with E-state index >= 15 is 0 Å². The van der Waals surface area contributed by atoms with Crippen LogP contribution in [0.4, 0.5) is 4.39 Å². The van der Waals surface area contributed by atoms with E-state index < -0.39 is 0 Å². The normalized spacial score (nSPS) is 20.2. The predicted molar refractivity (Wildman–Crippen MR) is 80.4 cm³/mol. The molecule has 1 fully saturated rings. The first kappa shape index (κ1) is 15.5. The van der Waals surface area contributed by atoms with Gasteiger partial charge in [0.2, 0.25) is 0 Å². The van der Waals surface area contributed by atoms with Gasteiger partial charge in [-0.05, 0) is 56.7 Å². The maximum absolute atomic E-state index is 13.6. The predicted octanol–water partition coefficient (Wildman–Crippen LogP) is 3.51. The van der Waals surface area contributed by atoms with E-state index in [-0.39, 0.29) is 5.82 Å². The van der Waals surface area contributed by atoms with Gasteiger partial charge in [-0.2, -0.15) is 0 Å². The quantitative estimate of drug-likeness (QED) is 0.708. The van der Waals surface area contributed by atoms with Crippen LogP contribution in [0.15, 0.2) is 24.3 Å². The third-order valence-corrected chi connectivity index (χ3v) is 4.14. The van der Waals surface area contributed by atoms with Gasteiger partial charge >= 0.3 is 0 Å². The molecule has 0 amide bonds. The van der Waals surface area contributed by atoms with Crippen molar-refractivity contribution in [1.82, 2.24) is 4.90 Å². The Kier molecular flexibility index (Phi) is 6.48. The smallest absolute Gasteiger partial charge is 0.126 e. The van der Waals surface area contributed by atoms with Crippen LogP contribution >= 0.6 is 0 Å². The molecule has 1 saturated heterocycles. The highest BCUT2D eigenvalue weighted by atomic mass is 19.1. The van der Waals surface area contributed by atoms with E-state index in [4.69, 9.17) is 4.74 Å². The topological polar surface area (TPSA) is 12.5 Å². The minimum atomic E-state index is -0.0588. The largest absolute Gasteiger partial charge is 0.380 e. The number of halogens is 1. The lowest BCUT2D eigenvalue weighted by molar-refractivity contribution is 0.0903. The van der Waals surface area contributed by atoms with Crippen LogP contribution in [0.25, 0.3) is 0 Å². The van der Waals surface area contributed by atoms with Crippen molar-refractivity contribution in [2.24, 2.45) is 5.92 Å². The Bertz CT molecular complexity index is 396. The number of nitrogens with zero attached hydrogens (tertiary/aromatic N) is 1. The molecular weight excluding hydrogens is 253 g/mol. The second-order valence-electron chi connectivity index (χ2n) is 5.64. The molecule has 0 bridgehead atoms. The van der Waals surface area contributed by atoms with Gasteiger partial charge in [0.25, 0.3) is 0 Å². The van der Waals surface area contributed by atoms with Crippen molar-refractivity contribution in [3.8, 4) is 0 Å². The summed E-state index contributed by atoms with van der Waals surface area (Å²) in [6.07, 6.45) is 4.48. The zero-order chi connectivity index (χ0) is 14.2. The SMILES string of the molecule is CCOCCN1CCCC(CCc2ccccc2F)C1. The van der Waals surface area contributed by atoms with Crippen molar-refractivity contribution in [3.05, 3.63) is 35.6 Å². The summed E-state index contributed by atoms with van der Waals surface area (Å²) < 4.78 is 19.0. The van der Waals surface area contributed by atoms with Crippen molar-refractivity contribution < 1.29 is 9.13 Å². The Morgan fingerprint density at radius 2 is 2.20 bits per heavy atom. The highest BCUT2D eigenvalue weighted by molar-refractivity contribution is 5.17. The summed E-state index contributed by atoms with van der Waals surface area (Å²) in [5, 5.41) is 0. The number of piperidine rings is 1. The molecular formula is C17H26FNO. The molecule has 3 heteroatoms. The van der Waals surface area contributed by atoms with Crippen LogP contribution in [-0.2, 0) is 11.2 Å². The fourth-order valence-corrected chi connectivity index (χ4v) is 2.99. The average molecular weight is 279 g/mol. The molecule has 1 heterocycles. The number of benzene rings is 1. The Hall–Kier alpha value is -0.930. The second-order valence-corrected chi connectivity index (χ2v) is 5.64. The van der Waals surface area contributed by atoms with Gasteiger partial charge in [0.1, 0.15) is 5.82 Å². The Labute approximate surface area is 121 Å². The van der Waals surface area contributed by atoms with Crippen molar-refractivity contribution in [2.45, 2.75) is 32.6 Å². The molecule has 0 N–H and O–H groups in total. The van der Waals surface area contributed by atoms with Gasteiger partial charge in [-0.15, -0.1) is 0 Å². The van der Waals surface area contributed by atoms with Gasteiger partial charge in [-0.3, -0.25) is 0 Å². The van der Waals surface area contributed by atoms with Gasteiger partial charge in [-0.1, -0.05) is 18.2 Å². The van der Waals surface area contributed by atoms with Gasteiger partial charge < -0.3 is 9.64 Å². The molecule has 1 aliphatic rings. The Balaban J connectivity index is 1.74. The minimum Gasteiger partial charge on any atom is -0.380 e. The molecule has 1 atom stereocenters. The summed E-state index contributed by atoms with van der Waals surface area (Å²) in [6, 6.07) is 7.15. The Morgan fingerprint density at radius 3 is 3.00 bits per heavy atom. The Morgan fingerprint density at radius 1 is 1.35 bits per heavy atom. The van der Waals surface area contributed by atoms with E-state index in [1.165, 1.54) is 19.4 Å². The molecule has 0 spiro atoms. The highest BCUT2D eigenvalue weighted by Gasteiger charge is 2.19. The molecule has 2 nitrogen and oxygen atoms in total. The van der Waals surface area contributed by atoms with Crippen LogP contribution in [0.1, 0.15) is 31.7 Å². The van der Waals surface area contributed by atoms with E-state index in [9.17, 15) is 4.39 Å². The van der Waals surface area contributed by atoms with Crippen molar-refractivity contribution in [1.29, 1.82) is 0 Å². The number of hydrogen-bond acceptors (Lipinski definition) is 2. The van der Waals surface area contributed by atoms with Crippen LogP contribution in [0.5, 0.6) is 0 Å². The standard InChI is InChI=1S/C17H26FNO/c1-2-20-13-12-19-11-5-6-15(14-19)9-10-16-7-3-4-8-17(16)18/h3-4,7-8,15H,2,5-6,9-14H2,1H3. The molecule has 0 saturated carbocycles. The first-order chi connectivity index (χ1) is 9.79. The van der Waals surface area contributed by atoms with Gasteiger partial charge in [0, 0.05) is 19.7 Å². The average Bonchev–Trinajstić information content (AvgIpc) is 2.47. The number of likely N-dealkylation sites (tertiary alicyclic amines) is 1. The number of rotatable bonds is 7. The van der Waals surface area contributed by atoms with Crippen LogP contribution in [0.2, 0.25) is 0 Å². The molecule has 0 aromatic heterocycles. The summed E-state index contributed by atoms with van der Waals surface area (Å²) in [7, 11) is 0. The van der Waals surface area contributed by atoms with E-state index in [1.54, 1.807) is 12.1 Å². The first-order valence-electron chi connectivity index (χ1n) is 7.83. The fourth-order valence-electron chi connectivity index (χ4n) is 2.99. The molecule has 0 aliphatic carbocycles. The molecule has 1 aliphatic heterocycles. The maximum atomic E-state index is 13.6. The van der Waals surface area contributed by atoms with Crippen molar-refractivity contribution in [3.63, 3.8) is 0 Å².